The Labute approximate surface area is 152 Å². The SMILES string of the molecule is COc1ccc(Cl)cc1NC(=O)COC(=O)c1cccc(I)c1. The molecule has 1 amide bonds. The van der Waals surface area contributed by atoms with Crippen LogP contribution >= 0.6 is 34.2 Å². The van der Waals surface area contributed by atoms with Crippen LogP contribution in [0, 0.1) is 3.57 Å². The molecule has 0 aromatic heterocycles. The first-order chi connectivity index (χ1) is 11.0. The Bertz CT molecular complexity index is 736. The van der Waals surface area contributed by atoms with Crippen LogP contribution < -0.4 is 10.1 Å². The lowest BCUT2D eigenvalue weighted by Gasteiger charge is -2.11. The van der Waals surface area contributed by atoms with Gasteiger partial charge in [-0.2, -0.15) is 0 Å². The number of carbonyl (C=O) groups is 2. The molecule has 120 valence electrons. The van der Waals surface area contributed by atoms with Crippen molar-refractivity contribution in [1.82, 2.24) is 0 Å². The maximum absolute atomic E-state index is 11.9. The molecule has 0 aliphatic rings. The fraction of sp³-hybridized carbons (Fsp3) is 0.125. The number of halogens is 2. The average molecular weight is 446 g/mol. The van der Waals surface area contributed by atoms with E-state index in [0.29, 0.717) is 22.0 Å². The molecular formula is C16H13ClINO4. The highest BCUT2D eigenvalue weighted by atomic mass is 127. The standard InChI is InChI=1S/C16H13ClINO4/c1-22-14-6-5-11(17)8-13(14)19-15(20)9-23-16(21)10-3-2-4-12(18)7-10/h2-8H,9H2,1H3,(H,19,20). The van der Waals surface area contributed by atoms with Crippen LogP contribution in [0.25, 0.3) is 0 Å². The van der Waals surface area contributed by atoms with E-state index in [9.17, 15) is 9.59 Å². The summed E-state index contributed by atoms with van der Waals surface area (Å²) in [6, 6.07) is 11.7. The number of benzene rings is 2. The summed E-state index contributed by atoms with van der Waals surface area (Å²) in [7, 11) is 1.48. The second-order valence-corrected chi connectivity index (χ2v) is 6.16. The number of methoxy groups -OCH3 is 1. The van der Waals surface area contributed by atoms with Crippen molar-refractivity contribution in [2.24, 2.45) is 0 Å². The average Bonchev–Trinajstić information content (AvgIpc) is 2.53. The molecule has 23 heavy (non-hydrogen) atoms. The second kappa shape index (κ2) is 8.16. The number of ether oxygens (including phenoxy) is 2. The van der Waals surface area contributed by atoms with Gasteiger partial charge in [0.25, 0.3) is 5.91 Å². The molecule has 0 heterocycles. The van der Waals surface area contributed by atoms with E-state index >= 15 is 0 Å². The molecule has 2 rings (SSSR count). The lowest BCUT2D eigenvalue weighted by atomic mass is 10.2. The van der Waals surface area contributed by atoms with E-state index in [2.05, 4.69) is 27.9 Å². The molecule has 0 aliphatic heterocycles. The van der Waals surface area contributed by atoms with Gasteiger partial charge in [-0.05, 0) is 59.0 Å². The molecule has 2 aromatic rings. The van der Waals surface area contributed by atoms with Crippen LogP contribution in [-0.4, -0.2) is 25.6 Å². The van der Waals surface area contributed by atoms with Crippen LogP contribution in [0.4, 0.5) is 5.69 Å². The Morgan fingerprint density at radius 2 is 2.00 bits per heavy atom. The third-order valence-electron chi connectivity index (χ3n) is 2.83. The summed E-state index contributed by atoms with van der Waals surface area (Å²) in [5.74, 6) is -0.576. The summed E-state index contributed by atoms with van der Waals surface area (Å²) < 4.78 is 11.0. The Morgan fingerprint density at radius 1 is 1.22 bits per heavy atom. The summed E-state index contributed by atoms with van der Waals surface area (Å²) in [6.45, 7) is -0.403. The van der Waals surface area contributed by atoms with Gasteiger partial charge in [-0.3, -0.25) is 4.79 Å². The van der Waals surface area contributed by atoms with Crippen LogP contribution in [0.2, 0.25) is 5.02 Å². The molecule has 0 spiro atoms. The van der Waals surface area contributed by atoms with Gasteiger partial charge in [0, 0.05) is 8.59 Å². The van der Waals surface area contributed by atoms with Gasteiger partial charge in [0.15, 0.2) is 6.61 Å². The van der Waals surface area contributed by atoms with E-state index < -0.39 is 18.5 Å². The topological polar surface area (TPSA) is 64.6 Å². The minimum absolute atomic E-state index is 0.394. The molecule has 0 aliphatic carbocycles. The van der Waals surface area contributed by atoms with Gasteiger partial charge >= 0.3 is 5.97 Å². The molecule has 0 unspecified atom stereocenters. The van der Waals surface area contributed by atoms with Crippen LogP contribution in [-0.2, 0) is 9.53 Å². The first kappa shape index (κ1) is 17.6. The number of amides is 1. The molecule has 1 N–H and O–H groups in total. The van der Waals surface area contributed by atoms with Crippen LogP contribution in [0.5, 0.6) is 5.75 Å². The zero-order valence-electron chi connectivity index (χ0n) is 12.1. The molecule has 7 heteroatoms. The van der Waals surface area contributed by atoms with Gasteiger partial charge in [-0.15, -0.1) is 0 Å². The molecule has 0 atom stereocenters. The fourth-order valence-electron chi connectivity index (χ4n) is 1.79. The fourth-order valence-corrected chi connectivity index (χ4v) is 2.51. The normalized spacial score (nSPS) is 10.0. The number of anilines is 1. The second-order valence-electron chi connectivity index (χ2n) is 4.48. The van der Waals surface area contributed by atoms with E-state index in [0.717, 1.165) is 3.57 Å². The summed E-state index contributed by atoms with van der Waals surface area (Å²) in [5.41, 5.74) is 0.806. The maximum Gasteiger partial charge on any atom is 0.338 e. The number of esters is 1. The van der Waals surface area contributed by atoms with Crippen molar-refractivity contribution in [2.75, 3.05) is 19.0 Å². The lowest BCUT2D eigenvalue weighted by molar-refractivity contribution is -0.119. The zero-order valence-corrected chi connectivity index (χ0v) is 15.1. The number of rotatable bonds is 5. The van der Waals surface area contributed by atoms with Crippen molar-refractivity contribution in [2.45, 2.75) is 0 Å². The van der Waals surface area contributed by atoms with Gasteiger partial charge < -0.3 is 14.8 Å². The molecule has 5 nitrogen and oxygen atoms in total. The molecule has 0 radical (unpaired) electrons. The number of hydrogen-bond donors (Lipinski definition) is 1. The largest absolute Gasteiger partial charge is 0.495 e. The molecule has 0 bridgehead atoms. The summed E-state index contributed by atoms with van der Waals surface area (Å²) in [6.07, 6.45) is 0. The van der Waals surface area contributed by atoms with Gasteiger partial charge in [-0.25, -0.2) is 4.79 Å². The van der Waals surface area contributed by atoms with E-state index in [4.69, 9.17) is 21.1 Å². The van der Waals surface area contributed by atoms with Crippen LogP contribution in [0.15, 0.2) is 42.5 Å². The van der Waals surface area contributed by atoms with Crippen molar-refractivity contribution in [3.8, 4) is 5.75 Å². The van der Waals surface area contributed by atoms with E-state index in [1.54, 1.807) is 36.4 Å². The van der Waals surface area contributed by atoms with E-state index in [1.165, 1.54) is 7.11 Å². The first-order valence-electron chi connectivity index (χ1n) is 6.55. The first-order valence-corrected chi connectivity index (χ1v) is 8.01. The monoisotopic (exact) mass is 445 g/mol. The highest BCUT2D eigenvalue weighted by Gasteiger charge is 2.12. The quantitative estimate of drug-likeness (QED) is 0.562. The van der Waals surface area contributed by atoms with Gasteiger partial charge in [0.1, 0.15) is 5.75 Å². The predicted octanol–water partition coefficient (Wildman–Crippen LogP) is 3.75. The highest BCUT2D eigenvalue weighted by molar-refractivity contribution is 14.1. The smallest absolute Gasteiger partial charge is 0.338 e. The predicted molar refractivity (Wildman–Crippen MR) is 96.1 cm³/mol. The minimum Gasteiger partial charge on any atom is -0.495 e. The third-order valence-corrected chi connectivity index (χ3v) is 3.74. The van der Waals surface area contributed by atoms with Gasteiger partial charge in [0.2, 0.25) is 0 Å². The van der Waals surface area contributed by atoms with Crippen LogP contribution in [0.1, 0.15) is 10.4 Å². The number of carbonyl (C=O) groups excluding carboxylic acids is 2. The third kappa shape index (κ3) is 5.11. The van der Waals surface area contributed by atoms with Gasteiger partial charge in [-0.1, -0.05) is 17.7 Å². The van der Waals surface area contributed by atoms with E-state index in [-0.39, 0.29) is 0 Å². The Hall–Kier alpha value is -1.80. The molecule has 0 saturated carbocycles. The summed E-state index contributed by atoms with van der Waals surface area (Å²) >= 11 is 7.98. The molecule has 2 aromatic carbocycles. The van der Waals surface area contributed by atoms with Crippen molar-refractivity contribution in [1.29, 1.82) is 0 Å². The molecule has 0 saturated heterocycles. The maximum atomic E-state index is 11.9. The van der Waals surface area contributed by atoms with Crippen molar-refractivity contribution in [3.63, 3.8) is 0 Å². The number of nitrogens with one attached hydrogen (secondary N) is 1. The summed E-state index contributed by atoms with van der Waals surface area (Å²) in [4.78, 5) is 23.8. The van der Waals surface area contributed by atoms with E-state index in [1.807, 2.05) is 6.07 Å². The van der Waals surface area contributed by atoms with Crippen LogP contribution in [0.3, 0.4) is 0 Å². The lowest BCUT2D eigenvalue weighted by Crippen LogP contribution is -2.21. The van der Waals surface area contributed by atoms with Gasteiger partial charge in [0.05, 0.1) is 18.4 Å². The minimum atomic E-state index is -0.559. The molecule has 0 fully saturated rings. The molecular weight excluding hydrogens is 433 g/mol. The zero-order chi connectivity index (χ0) is 16.8. The van der Waals surface area contributed by atoms with Crippen molar-refractivity contribution < 1.29 is 19.1 Å². The highest BCUT2D eigenvalue weighted by Crippen LogP contribution is 2.27. The van der Waals surface area contributed by atoms with Crippen molar-refractivity contribution in [3.05, 3.63) is 56.6 Å². The van der Waals surface area contributed by atoms with Crippen molar-refractivity contribution >= 4 is 51.8 Å². The summed E-state index contributed by atoms with van der Waals surface area (Å²) in [5, 5.41) is 3.05. The Morgan fingerprint density at radius 3 is 2.70 bits per heavy atom. The number of hydrogen-bond acceptors (Lipinski definition) is 4. The Balaban J connectivity index is 1.95. The Kier molecular flexibility index (Phi) is 6.23.